The third kappa shape index (κ3) is 3.19. The molecule has 0 unspecified atom stereocenters. The van der Waals surface area contributed by atoms with Gasteiger partial charge in [0.15, 0.2) is 0 Å². The van der Waals surface area contributed by atoms with Crippen LogP contribution in [0.1, 0.15) is 41.6 Å². The van der Waals surface area contributed by atoms with Crippen molar-refractivity contribution in [1.29, 1.82) is 0 Å². The number of rotatable bonds is 3. The fourth-order valence-corrected chi connectivity index (χ4v) is 2.22. The number of carbonyl (C=O) groups is 1. The summed E-state index contributed by atoms with van der Waals surface area (Å²) >= 11 is 0. The van der Waals surface area contributed by atoms with Crippen LogP contribution < -0.4 is 4.74 Å². The molecule has 0 atom stereocenters. The normalized spacial score (nSPS) is 16.6. The largest absolute Gasteiger partial charge is 0.490 e. The van der Waals surface area contributed by atoms with Gasteiger partial charge in [-0.2, -0.15) is 13.2 Å². The van der Waals surface area contributed by atoms with Crippen LogP contribution in [-0.2, 0) is 6.18 Å². The van der Waals surface area contributed by atoms with Gasteiger partial charge in [0.2, 0.25) is 0 Å². The minimum absolute atomic E-state index is 0.0293. The van der Waals surface area contributed by atoms with Crippen molar-refractivity contribution in [2.24, 2.45) is 0 Å². The molecule has 0 amide bonds. The summed E-state index contributed by atoms with van der Waals surface area (Å²) in [4.78, 5) is 10.9. The van der Waals surface area contributed by atoms with Crippen LogP contribution in [0.2, 0.25) is 0 Å². The number of carboxylic acids is 1. The van der Waals surface area contributed by atoms with Crippen LogP contribution in [0.15, 0.2) is 18.2 Å². The molecule has 0 heterocycles. The second kappa shape index (κ2) is 5.11. The molecule has 104 valence electrons. The van der Waals surface area contributed by atoms with E-state index in [1.807, 2.05) is 0 Å². The van der Waals surface area contributed by atoms with Gasteiger partial charge in [-0.15, -0.1) is 0 Å². The lowest BCUT2D eigenvalue weighted by molar-refractivity contribution is -0.138. The third-order valence-corrected chi connectivity index (χ3v) is 3.13. The molecular formula is C13H13F3O3. The molecule has 1 aromatic rings. The average Bonchev–Trinajstić information content (AvgIpc) is 2.80. The fourth-order valence-electron chi connectivity index (χ4n) is 2.22. The standard InChI is InChI=1S/C13H13F3O3/c14-13(15,16)11-6-5-9(7-10(11)12(17)18)19-8-3-1-2-4-8/h5-8H,1-4H2,(H,17,18). The molecule has 0 bridgehead atoms. The maximum absolute atomic E-state index is 12.6. The van der Waals surface area contributed by atoms with Crippen LogP contribution in [-0.4, -0.2) is 17.2 Å². The van der Waals surface area contributed by atoms with E-state index in [1.54, 1.807) is 0 Å². The number of carboxylic acid groups (broad SMARTS) is 1. The Morgan fingerprint density at radius 2 is 1.89 bits per heavy atom. The predicted octanol–water partition coefficient (Wildman–Crippen LogP) is 3.73. The second-order valence-corrected chi connectivity index (χ2v) is 4.53. The van der Waals surface area contributed by atoms with E-state index in [2.05, 4.69) is 0 Å². The van der Waals surface area contributed by atoms with E-state index < -0.39 is 23.3 Å². The summed E-state index contributed by atoms with van der Waals surface area (Å²) < 4.78 is 43.4. The maximum atomic E-state index is 12.6. The van der Waals surface area contributed by atoms with E-state index in [0.29, 0.717) is 0 Å². The lowest BCUT2D eigenvalue weighted by atomic mass is 10.1. The van der Waals surface area contributed by atoms with Crippen molar-refractivity contribution in [3.05, 3.63) is 29.3 Å². The minimum atomic E-state index is -4.68. The van der Waals surface area contributed by atoms with Crippen LogP contribution in [0.5, 0.6) is 5.75 Å². The molecule has 2 rings (SSSR count). The summed E-state index contributed by atoms with van der Waals surface area (Å²) in [5, 5.41) is 8.86. The number of halogens is 3. The molecule has 19 heavy (non-hydrogen) atoms. The van der Waals surface area contributed by atoms with Gasteiger partial charge >= 0.3 is 12.1 Å². The number of benzene rings is 1. The SMILES string of the molecule is O=C(O)c1cc(OC2CCCC2)ccc1C(F)(F)F. The molecule has 0 aromatic heterocycles. The Labute approximate surface area is 108 Å². The zero-order valence-corrected chi connectivity index (χ0v) is 10.0. The average molecular weight is 274 g/mol. The summed E-state index contributed by atoms with van der Waals surface area (Å²) in [6.07, 6.45) is -0.959. The zero-order valence-electron chi connectivity index (χ0n) is 10.0. The molecule has 1 N–H and O–H groups in total. The maximum Gasteiger partial charge on any atom is 0.417 e. The molecule has 1 aromatic carbocycles. The smallest absolute Gasteiger partial charge is 0.417 e. The first-order chi connectivity index (χ1) is 8.88. The number of ether oxygens (including phenoxy) is 1. The second-order valence-electron chi connectivity index (χ2n) is 4.53. The third-order valence-electron chi connectivity index (χ3n) is 3.13. The highest BCUT2D eigenvalue weighted by atomic mass is 19.4. The van der Waals surface area contributed by atoms with Gasteiger partial charge in [-0.3, -0.25) is 0 Å². The van der Waals surface area contributed by atoms with Crippen LogP contribution in [0.4, 0.5) is 13.2 Å². The zero-order chi connectivity index (χ0) is 14.0. The highest BCUT2D eigenvalue weighted by Gasteiger charge is 2.35. The predicted molar refractivity (Wildman–Crippen MR) is 61.3 cm³/mol. The van der Waals surface area contributed by atoms with Crippen molar-refractivity contribution in [3.63, 3.8) is 0 Å². The topological polar surface area (TPSA) is 46.5 Å². The van der Waals surface area contributed by atoms with E-state index in [4.69, 9.17) is 9.84 Å². The molecule has 0 aliphatic heterocycles. The molecule has 6 heteroatoms. The monoisotopic (exact) mass is 274 g/mol. The van der Waals surface area contributed by atoms with Gasteiger partial charge in [-0.05, 0) is 43.9 Å². The van der Waals surface area contributed by atoms with E-state index in [9.17, 15) is 18.0 Å². The molecule has 1 fully saturated rings. The van der Waals surface area contributed by atoms with Crippen molar-refractivity contribution in [3.8, 4) is 5.75 Å². The Hall–Kier alpha value is -1.72. The van der Waals surface area contributed by atoms with Gasteiger partial charge in [-0.1, -0.05) is 0 Å². The summed E-state index contributed by atoms with van der Waals surface area (Å²) in [5.41, 5.74) is -1.93. The Morgan fingerprint density at radius 1 is 1.26 bits per heavy atom. The van der Waals surface area contributed by atoms with E-state index in [0.717, 1.165) is 37.8 Å². The van der Waals surface area contributed by atoms with Gasteiger partial charge in [0.25, 0.3) is 0 Å². The van der Waals surface area contributed by atoms with E-state index in [-0.39, 0.29) is 11.9 Å². The van der Waals surface area contributed by atoms with Gasteiger partial charge in [0, 0.05) is 0 Å². The molecule has 0 saturated heterocycles. The first-order valence-electron chi connectivity index (χ1n) is 5.99. The van der Waals surface area contributed by atoms with E-state index >= 15 is 0 Å². The van der Waals surface area contributed by atoms with Crippen molar-refractivity contribution in [2.45, 2.75) is 38.0 Å². The van der Waals surface area contributed by atoms with Crippen LogP contribution in [0.3, 0.4) is 0 Å². The van der Waals surface area contributed by atoms with Gasteiger partial charge < -0.3 is 9.84 Å². The minimum Gasteiger partial charge on any atom is -0.490 e. The number of hydrogen-bond donors (Lipinski definition) is 1. The highest BCUT2D eigenvalue weighted by Crippen LogP contribution is 2.34. The molecule has 1 saturated carbocycles. The molecular weight excluding hydrogens is 261 g/mol. The number of hydrogen-bond acceptors (Lipinski definition) is 2. The first-order valence-corrected chi connectivity index (χ1v) is 5.99. The van der Waals surface area contributed by atoms with Crippen LogP contribution in [0, 0.1) is 0 Å². The summed E-state index contributed by atoms with van der Waals surface area (Å²) in [6.45, 7) is 0. The summed E-state index contributed by atoms with van der Waals surface area (Å²) in [5.74, 6) is -1.43. The quantitative estimate of drug-likeness (QED) is 0.913. The first kappa shape index (κ1) is 13.7. The highest BCUT2D eigenvalue weighted by molar-refractivity contribution is 5.90. The van der Waals surface area contributed by atoms with Gasteiger partial charge in [0.05, 0.1) is 17.2 Å². The Balaban J connectivity index is 2.28. The molecule has 0 radical (unpaired) electrons. The molecule has 3 nitrogen and oxygen atoms in total. The summed E-state index contributed by atoms with van der Waals surface area (Å²) in [6, 6.07) is 2.88. The van der Waals surface area contributed by atoms with Crippen molar-refractivity contribution < 1.29 is 27.8 Å². The summed E-state index contributed by atoms with van der Waals surface area (Å²) in [7, 11) is 0. The van der Waals surface area contributed by atoms with E-state index in [1.165, 1.54) is 6.07 Å². The van der Waals surface area contributed by atoms with Crippen molar-refractivity contribution in [1.82, 2.24) is 0 Å². The van der Waals surface area contributed by atoms with Gasteiger partial charge in [0.1, 0.15) is 5.75 Å². The van der Waals surface area contributed by atoms with Crippen molar-refractivity contribution >= 4 is 5.97 Å². The van der Waals surface area contributed by atoms with Crippen molar-refractivity contribution in [2.75, 3.05) is 0 Å². The number of alkyl halides is 3. The number of aromatic carboxylic acids is 1. The molecule has 0 spiro atoms. The Morgan fingerprint density at radius 3 is 2.42 bits per heavy atom. The Kier molecular flexibility index (Phi) is 3.68. The molecule has 1 aliphatic carbocycles. The lowest BCUT2D eigenvalue weighted by Gasteiger charge is -2.15. The Bertz CT molecular complexity index is 477. The van der Waals surface area contributed by atoms with Crippen LogP contribution >= 0.6 is 0 Å². The fraction of sp³-hybridized carbons (Fsp3) is 0.462. The molecule has 1 aliphatic rings. The van der Waals surface area contributed by atoms with Crippen LogP contribution in [0.25, 0.3) is 0 Å². The lowest BCUT2D eigenvalue weighted by Crippen LogP contribution is -2.15. The van der Waals surface area contributed by atoms with Gasteiger partial charge in [-0.25, -0.2) is 4.79 Å².